The highest BCUT2D eigenvalue weighted by atomic mass is 15.2. The van der Waals surface area contributed by atoms with Crippen LogP contribution in [0.25, 0.3) is 44.7 Å². The van der Waals surface area contributed by atoms with Crippen LogP contribution in [-0.4, -0.2) is 43.2 Å². The van der Waals surface area contributed by atoms with Crippen LogP contribution in [-0.2, 0) is 0 Å². The van der Waals surface area contributed by atoms with Gasteiger partial charge in [0.15, 0.2) is 11.5 Å². The summed E-state index contributed by atoms with van der Waals surface area (Å²) in [4.78, 5) is 19.6. The summed E-state index contributed by atoms with van der Waals surface area (Å²) in [5.74, 6) is 0.756. The predicted molar refractivity (Wildman–Crippen MR) is 123 cm³/mol. The predicted octanol–water partition coefficient (Wildman–Crippen LogP) is 4.14. The average Bonchev–Trinajstić information content (AvgIpc) is 3.43. The lowest BCUT2D eigenvalue weighted by molar-refractivity contribution is 0.579. The number of aromatic nitrogens is 6. The molecule has 0 spiro atoms. The fourth-order valence-corrected chi connectivity index (χ4v) is 4.38. The summed E-state index contributed by atoms with van der Waals surface area (Å²) in [5, 5.41) is 8.40. The number of hydrogen-bond donors (Lipinski definition) is 3. The summed E-state index contributed by atoms with van der Waals surface area (Å²) >= 11 is 0. The van der Waals surface area contributed by atoms with Crippen molar-refractivity contribution >= 4 is 33.4 Å². The van der Waals surface area contributed by atoms with E-state index in [2.05, 4.69) is 54.3 Å². The van der Waals surface area contributed by atoms with Gasteiger partial charge in [-0.15, -0.1) is 0 Å². The number of imidazole rings is 1. The molecule has 6 rings (SSSR count). The van der Waals surface area contributed by atoms with Gasteiger partial charge in [-0.2, -0.15) is 5.10 Å². The molecular formula is C23H22N8. The summed E-state index contributed by atoms with van der Waals surface area (Å²) in [5.41, 5.74) is 13.0. The van der Waals surface area contributed by atoms with Gasteiger partial charge in [0, 0.05) is 42.8 Å². The van der Waals surface area contributed by atoms with Crippen molar-refractivity contribution in [2.75, 3.05) is 23.7 Å². The Morgan fingerprint density at radius 1 is 0.968 bits per heavy atom. The van der Waals surface area contributed by atoms with Crippen LogP contribution in [0.1, 0.15) is 19.3 Å². The third-order valence-electron chi connectivity index (χ3n) is 5.93. The number of rotatable bonds is 3. The van der Waals surface area contributed by atoms with Gasteiger partial charge in [0.25, 0.3) is 0 Å². The maximum Gasteiger partial charge on any atom is 0.181 e. The number of aromatic amines is 2. The van der Waals surface area contributed by atoms with E-state index in [1.807, 2.05) is 6.07 Å². The second-order valence-corrected chi connectivity index (χ2v) is 8.01. The maximum absolute atomic E-state index is 5.91. The van der Waals surface area contributed by atoms with Crippen LogP contribution in [0.5, 0.6) is 0 Å². The number of nitrogen functional groups attached to an aromatic ring is 1. The summed E-state index contributed by atoms with van der Waals surface area (Å²) < 4.78 is 0. The highest BCUT2D eigenvalue weighted by Gasteiger charge is 2.18. The van der Waals surface area contributed by atoms with E-state index in [1.54, 1.807) is 18.6 Å². The Labute approximate surface area is 178 Å². The van der Waals surface area contributed by atoms with Crippen molar-refractivity contribution in [2.45, 2.75) is 19.3 Å². The molecule has 0 aliphatic carbocycles. The summed E-state index contributed by atoms with van der Waals surface area (Å²) in [6.07, 6.45) is 8.96. The molecule has 8 nitrogen and oxygen atoms in total. The lowest BCUT2D eigenvalue weighted by atomic mass is 10.1. The van der Waals surface area contributed by atoms with Crippen LogP contribution >= 0.6 is 0 Å². The number of hydrogen-bond acceptors (Lipinski definition) is 6. The Hall–Kier alpha value is -3.94. The lowest BCUT2D eigenvalue weighted by Crippen LogP contribution is -2.29. The first-order valence-corrected chi connectivity index (χ1v) is 10.6. The molecule has 4 aromatic heterocycles. The summed E-state index contributed by atoms with van der Waals surface area (Å²) in [6, 6.07) is 10.3. The molecule has 0 radical (unpaired) electrons. The molecule has 154 valence electrons. The van der Waals surface area contributed by atoms with Crippen LogP contribution in [0.4, 0.5) is 11.4 Å². The third-order valence-corrected chi connectivity index (χ3v) is 5.93. The van der Waals surface area contributed by atoms with E-state index in [4.69, 9.17) is 10.7 Å². The zero-order valence-electron chi connectivity index (χ0n) is 17.0. The van der Waals surface area contributed by atoms with Crippen molar-refractivity contribution in [2.24, 2.45) is 0 Å². The molecule has 1 fully saturated rings. The van der Waals surface area contributed by atoms with Gasteiger partial charge in [-0.05, 0) is 43.5 Å². The fourth-order valence-electron chi connectivity index (χ4n) is 4.38. The number of fused-ring (bicyclic) bond motifs is 2. The Kier molecular flexibility index (Phi) is 4.09. The molecule has 5 aromatic rings. The van der Waals surface area contributed by atoms with Crippen LogP contribution < -0.4 is 10.6 Å². The number of piperidine rings is 1. The highest BCUT2D eigenvalue weighted by Crippen LogP contribution is 2.32. The van der Waals surface area contributed by atoms with E-state index in [9.17, 15) is 0 Å². The van der Waals surface area contributed by atoms with Gasteiger partial charge in [0.2, 0.25) is 0 Å². The van der Waals surface area contributed by atoms with Crippen molar-refractivity contribution in [3.8, 4) is 22.6 Å². The van der Waals surface area contributed by atoms with E-state index >= 15 is 0 Å². The topological polar surface area (TPSA) is 112 Å². The van der Waals surface area contributed by atoms with Crippen molar-refractivity contribution in [1.82, 2.24) is 30.1 Å². The zero-order chi connectivity index (χ0) is 20.8. The molecule has 0 unspecified atom stereocenters. The van der Waals surface area contributed by atoms with Gasteiger partial charge in [0.1, 0.15) is 11.2 Å². The van der Waals surface area contributed by atoms with E-state index < -0.39 is 0 Å². The number of nitrogens with one attached hydrogen (secondary N) is 2. The molecule has 1 aromatic carbocycles. The minimum Gasteiger partial charge on any atom is -0.397 e. The van der Waals surface area contributed by atoms with Gasteiger partial charge in [-0.1, -0.05) is 6.07 Å². The zero-order valence-corrected chi connectivity index (χ0v) is 17.0. The Bertz CT molecular complexity index is 1390. The number of H-pyrrole nitrogens is 2. The fraction of sp³-hybridized carbons (Fsp3) is 0.217. The first-order chi connectivity index (χ1) is 15.3. The molecular weight excluding hydrogens is 388 g/mol. The van der Waals surface area contributed by atoms with Crippen molar-refractivity contribution < 1.29 is 0 Å². The molecule has 31 heavy (non-hydrogen) atoms. The van der Waals surface area contributed by atoms with Gasteiger partial charge in [-0.25, -0.2) is 9.97 Å². The molecule has 1 aliphatic heterocycles. The minimum absolute atomic E-state index is 0.618. The molecule has 1 saturated heterocycles. The van der Waals surface area contributed by atoms with Crippen LogP contribution in [0.15, 0.2) is 48.9 Å². The monoisotopic (exact) mass is 410 g/mol. The third kappa shape index (κ3) is 3.07. The molecule has 0 amide bonds. The Morgan fingerprint density at radius 2 is 1.84 bits per heavy atom. The largest absolute Gasteiger partial charge is 0.397 e. The maximum atomic E-state index is 5.91. The second kappa shape index (κ2) is 7.09. The number of para-hydroxylation sites is 1. The summed E-state index contributed by atoms with van der Waals surface area (Å²) in [6.45, 7) is 2.16. The summed E-state index contributed by atoms with van der Waals surface area (Å²) in [7, 11) is 0. The van der Waals surface area contributed by atoms with Crippen LogP contribution in [0, 0.1) is 0 Å². The molecule has 4 N–H and O–H groups in total. The molecule has 5 heterocycles. The smallest absolute Gasteiger partial charge is 0.181 e. The van der Waals surface area contributed by atoms with Gasteiger partial charge < -0.3 is 15.6 Å². The van der Waals surface area contributed by atoms with Crippen molar-refractivity contribution in [1.29, 1.82) is 0 Å². The normalized spacial score (nSPS) is 14.5. The second-order valence-electron chi connectivity index (χ2n) is 8.01. The number of nitrogens with two attached hydrogens (primary N) is 1. The van der Waals surface area contributed by atoms with E-state index in [1.165, 1.54) is 24.9 Å². The first-order valence-electron chi connectivity index (χ1n) is 10.6. The quantitative estimate of drug-likeness (QED) is 0.412. The van der Waals surface area contributed by atoms with Crippen LogP contribution in [0.3, 0.4) is 0 Å². The van der Waals surface area contributed by atoms with Gasteiger partial charge in [-0.3, -0.25) is 10.1 Å². The Morgan fingerprint density at radius 3 is 2.71 bits per heavy atom. The van der Waals surface area contributed by atoms with Crippen molar-refractivity contribution in [3.05, 3.63) is 48.9 Å². The molecule has 0 atom stereocenters. The van der Waals surface area contributed by atoms with Crippen LogP contribution in [0.2, 0.25) is 0 Å². The van der Waals surface area contributed by atoms with Gasteiger partial charge in [0.05, 0.1) is 22.3 Å². The minimum atomic E-state index is 0.618. The molecule has 0 saturated carbocycles. The van der Waals surface area contributed by atoms with E-state index in [-0.39, 0.29) is 0 Å². The first kappa shape index (κ1) is 17.9. The standard InChI is InChI=1S/C23H22N8/c24-16-9-14(11-25-13-16)15-10-17-20(29-30-22(17)26-12-15)23-27-18-5-4-6-19(21(18)28-23)31-7-2-1-3-8-31/h4-6,9-13H,1-3,7-8,24H2,(H,27,28)(H,26,29,30). The van der Waals surface area contributed by atoms with Crippen molar-refractivity contribution in [3.63, 3.8) is 0 Å². The Balaban J connectivity index is 1.46. The molecule has 8 heteroatoms. The van der Waals surface area contributed by atoms with Gasteiger partial charge >= 0.3 is 0 Å². The number of anilines is 2. The van der Waals surface area contributed by atoms with E-state index in [0.29, 0.717) is 11.3 Å². The van der Waals surface area contributed by atoms with E-state index in [0.717, 1.165) is 52.2 Å². The number of benzene rings is 1. The average molecular weight is 410 g/mol. The highest BCUT2D eigenvalue weighted by molar-refractivity contribution is 5.96. The lowest BCUT2D eigenvalue weighted by Gasteiger charge is -2.28. The SMILES string of the molecule is Nc1cncc(-c2cnc3n[nH]c(-c4nc5c(N6CCCCC6)cccc5[nH]4)c3c2)c1. The molecule has 1 aliphatic rings. The number of pyridine rings is 2. The number of nitrogens with zero attached hydrogens (tertiary/aromatic N) is 5. The molecule has 0 bridgehead atoms.